The second-order valence-corrected chi connectivity index (χ2v) is 7.43. The Balaban J connectivity index is 1.95. The number of rotatable bonds is 5. The maximum Gasteiger partial charge on any atom is 0.433 e. The molecular formula is C22H21F3N4O2. The van der Waals surface area contributed by atoms with Gasteiger partial charge in [-0.25, -0.2) is 4.98 Å². The smallest absolute Gasteiger partial charge is 0.352 e. The molecule has 0 unspecified atom stereocenters. The minimum absolute atomic E-state index is 0.0783. The zero-order valence-electron chi connectivity index (χ0n) is 17.2. The number of aromatic nitrogens is 3. The van der Waals surface area contributed by atoms with E-state index in [0.29, 0.717) is 17.7 Å². The van der Waals surface area contributed by atoms with Crippen LogP contribution in [0.25, 0.3) is 22.6 Å². The third-order valence-electron chi connectivity index (χ3n) is 4.64. The molecule has 162 valence electrons. The molecule has 3 aromatic rings. The molecule has 0 spiro atoms. The average Bonchev–Trinajstić information content (AvgIpc) is 2.71. The quantitative estimate of drug-likeness (QED) is 0.638. The summed E-state index contributed by atoms with van der Waals surface area (Å²) in [6.45, 7) is 5.76. The number of hydrogen-bond donors (Lipinski definition) is 2. The predicted molar refractivity (Wildman–Crippen MR) is 110 cm³/mol. The number of pyridine rings is 1. The Labute approximate surface area is 176 Å². The molecule has 9 heteroatoms. The van der Waals surface area contributed by atoms with Crippen LogP contribution < -0.4 is 10.9 Å². The summed E-state index contributed by atoms with van der Waals surface area (Å²) < 4.78 is 38.3. The van der Waals surface area contributed by atoms with Crippen LogP contribution in [0.2, 0.25) is 0 Å². The monoisotopic (exact) mass is 430 g/mol. The maximum atomic E-state index is 12.8. The zero-order chi connectivity index (χ0) is 22.8. The zero-order valence-corrected chi connectivity index (χ0v) is 17.2. The Morgan fingerprint density at radius 1 is 1.16 bits per heavy atom. The van der Waals surface area contributed by atoms with Crippen LogP contribution in [0.4, 0.5) is 13.2 Å². The molecule has 2 N–H and O–H groups in total. The van der Waals surface area contributed by atoms with E-state index in [4.69, 9.17) is 0 Å². The van der Waals surface area contributed by atoms with Gasteiger partial charge in [0.1, 0.15) is 11.5 Å². The van der Waals surface area contributed by atoms with E-state index in [2.05, 4.69) is 20.3 Å². The molecule has 0 aliphatic rings. The number of carbonyl (C=O) groups is 1. The lowest BCUT2D eigenvalue weighted by Crippen LogP contribution is -2.27. The van der Waals surface area contributed by atoms with E-state index in [0.717, 1.165) is 23.4 Å². The van der Waals surface area contributed by atoms with Crippen LogP contribution in [-0.4, -0.2) is 20.9 Å². The van der Waals surface area contributed by atoms with Gasteiger partial charge in [-0.05, 0) is 36.2 Å². The van der Waals surface area contributed by atoms with Gasteiger partial charge in [0.05, 0.1) is 5.69 Å². The first-order valence-corrected chi connectivity index (χ1v) is 9.57. The molecule has 2 heterocycles. The topological polar surface area (TPSA) is 87.7 Å². The van der Waals surface area contributed by atoms with E-state index in [1.54, 1.807) is 13.8 Å². The number of aromatic amines is 1. The van der Waals surface area contributed by atoms with E-state index in [9.17, 15) is 22.8 Å². The molecule has 2 aromatic heterocycles. The van der Waals surface area contributed by atoms with Crippen LogP contribution >= 0.6 is 0 Å². The molecule has 6 nitrogen and oxygen atoms in total. The first-order valence-electron chi connectivity index (χ1n) is 9.57. The summed E-state index contributed by atoms with van der Waals surface area (Å²) in [5.41, 5.74) is 1.33. The Bertz CT molecular complexity index is 1150. The van der Waals surface area contributed by atoms with Crippen molar-refractivity contribution >= 4 is 5.91 Å². The van der Waals surface area contributed by atoms with Gasteiger partial charge in [0.2, 0.25) is 5.91 Å². The molecule has 0 fully saturated rings. The fourth-order valence-electron chi connectivity index (χ4n) is 2.87. The SMILES string of the molecule is Cc1ccc(CNC(=O)C(C)C)cc1-c1nc(-c2ccc(C(F)(F)F)nc2)cc(=O)[nH]1. The van der Waals surface area contributed by atoms with Crippen LogP contribution in [0.5, 0.6) is 0 Å². The Hall–Kier alpha value is -3.49. The van der Waals surface area contributed by atoms with Crippen molar-refractivity contribution in [2.45, 2.75) is 33.5 Å². The van der Waals surface area contributed by atoms with Crippen molar-refractivity contribution in [2.75, 3.05) is 0 Å². The van der Waals surface area contributed by atoms with Gasteiger partial charge in [-0.1, -0.05) is 26.0 Å². The molecule has 0 radical (unpaired) electrons. The highest BCUT2D eigenvalue weighted by Gasteiger charge is 2.32. The summed E-state index contributed by atoms with van der Waals surface area (Å²) in [6, 6.07) is 8.80. The lowest BCUT2D eigenvalue weighted by Gasteiger charge is -2.12. The van der Waals surface area contributed by atoms with E-state index in [1.165, 1.54) is 12.1 Å². The van der Waals surface area contributed by atoms with Crippen LogP contribution in [0.15, 0.2) is 47.4 Å². The van der Waals surface area contributed by atoms with Crippen molar-refractivity contribution in [2.24, 2.45) is 5.92 Å². The number of nitrogens with zero attached hydrogens (tertiary/aromatic N) is 2. The third kappa shape index (κ3) is 5.36. The number of halogens is 3. The van der Waals surface area contributed by atoms with Crippen LogP contribution in [0.3, 0.4) is 0 Å². The fourth-order valence-corrected chi connectivity index (χ4v) is 2.87. The molecule has 0 atom stereocenters. The molecule has 0 saturated carbocycles. The van der Waals surface area contributed by atoms with Crippen LogP contribution in [0.1, 0.15) is 30.7 Å². The molecular weight excluding hydrogens is 409 g/mol. The highest BCUT2D eigenvalue weighted by molar-refractivity contribution is 5.77. The first-order chi connectivity index (χ1) is 14.5. The van der Waals surface area contributed by atoms with Gasteiger partial charge in [-0.2, -0.15) is 13.2 Å². The van der Waals surface area contributed by atoms with E-state index in [1.807, 2.05) is 25.1 Å². The van der Waals surface area contributed by atoms with Crippen molar-refractivity contribution in [3.63, 3.8) is 0 Å². The number of amides is 1. The Kier molecular flexibility index (Phi) is 6.24. The fraction of sp³-hybridized carbons (Fsp3) is 0.273. The van der Waals surface area contributed by atoms with E-state index >= 15 is 0 Å². The predicted octanol–water partition coefficient (Wildman–Crippen LogP) is 4.10. The van der Waals surface area contributed by atoms with Gasteiger partial charge >= 0.3 is 6.18 Å². The van der Waals surface area contributed by atoms with Crippen molar-refractivity contribution in [3.8, 4) is 22.6 Å². The number of carbonyl (C=O) groups excluding carboxylic acids is 1. The minimum Gasteiger partial charge on any atom is -0.352 e. The molecule has 0 bridgehead atoms. The van der Waals surface area contributed by atoms with Gasteiger partial charge in [0.25, 0.3) is 5.56 Å². The maximum absolute atomic E-state index is 12.8. The van der Waals surface area contributed by atoms with Crippen LogP contribution in [0, 0.1) is 12.8 Å². The summed E-state index contributed by atoms with van der Waals surface area (Å²) in [5, 5.41) is 2.83. The number of nitrogens with one attached hydrogen (secondary N) is 2. The Morgan fingerprint density at radius 3 is 2.52 bits per heavy atom. The molecule has 0 aliphatic heterocycles. The Morgan fingerprint density at radius 2 is 1.90 bits per heavy atom. The standard InChI is InChI=1S/C22H21F3N4O2/c1-12(2)21(31)27-10-14-5-4-13(3)16(8-14)20-28-17(9-19(30)29-20)15-6-7-18(26-11-15)22(23,24)25/h4-9,11-12H,10H2,1-3H3,(H,27,31)(H,28,29,30). The van der Waals surface area contributed by atoms with Crippen molar-refractivity contribution in [1.82, 2.24) is 20.3 Å². The van der Waals surface area contributed by atoms with Gasteiger partial charge in [0, 0.05) is 35.9 Å². The van der Waals surface area contributed by atoms with Crippen LogP contribution in [-0.2, 0) is 17.5 Å². The van der Waals surface area contributed by atoms with E-state index in [-0.39, 0.29) is 23.3 Å². The average molecular weight is 430 g/mol. The second kappa shape index (κ2) is 8.71. The summed E-state index contributed by atoms with van der Waals surface area (Å²) >= 11 is 0. The van der Waals surface area contributed by atoms with E-state index < -0.39 is 17.4 Å². The van der Waals surface area contributed by atoms with Crippen molar-refractivity contribution in [3.05, 3.63) is 69.8 Å². The first kappa shape index (κ1) is 22.2. The lowest BCUT2D eigenvalue weighted by molar-refractivity contribution is -0.141. The summed E-state index contributed by atoms with van der Waals surface area (Å²) in [5.74, 6) is 0.0550. The molecule has 0 aliphatic carbocycles. The molecule has 1 aromatic carbocycles. The van der Waals surface area contributed by atoms with Crippen molar-refractivity contribution in [1.29, 1.82) is 0 Å². The second-order valence-electron chi connectivity index (χ2n) is 7.43. The largest absolute Gasteiger partial charge is 0.433 e. The highest BCUT2D eigenvalue weighted by Crippen LogP contribution is 2.29. The van der Waals surface area contributed by atoms with Crippen molar-refractivity contribution < 1.29 is 18.0 Å². The van der Waals surface area contributed by atoms with Gasteiger partial charge < -0.3 is 10.3 Å². The number of benzene rings is 1. The molecule has 31 heavy (non-hydrogen) atoms. The van der Waals surface area contributed by atoms with Gasteiger partial charge in [-0.15, -0.1) is 0 Å². The molecule has 1 amide bonds. The number of alkyl halides is 3. The number of aryl methyl sites for hydroxylation is 1. The molecule has 3 rings (SSSR count). The highest BCUT2D eigenvalue weighted by atomic mass is 19.4. The summed E-state index contributed by atoms with van der Waals surface area (Å²) in [6.07, 6.45) is -3.51. The normalized spacial score (nSPS) is 11.6. The third-order valence-corrected chi connectivity index (χ3v) is 4.64. The number of H-pyrrole nitrogens is 1. The summed E-state index contributed by atoms with van der Waals surface area (Å²) in [7, 11) is 0. The number of hydrogen-bond acceptors (Lipinski definition) is 4. The lowest BCUT2D eigenvalue weighted by atomic mass is 10.0. The molecule has 0 saturated heterocycles. The van der Waals surface area contributed by atoms with Gasteiger partial charge in [-0.3, -0.25) is 14.6 Å². The summed E-state index contributed by atoms with van der Waals surface area (Å²) in [4.78, 5) is 34.6. The minimum atomic E-state index is -4.55. The van der Waals surface area contributed by atoms with Gasteiger partial charge in [0.15, 0.2) is 0 Å².